The largest absolute Gasteiger partial charge is 0.331 e. The molecule has 40 heavy (non-hydrogen) atoms. The molecule has 0 heterocycles. The molecule has 194 valence electrons. The van der Waals surface area contributed by atoms with Crippen LogP contribution in [0.4, 0.5) is 22.7 Å². The van der Waals surface area contributed by atoms with Crippen molar-refractivity contribution < 1.29 is 0 Å². The highest BCUT2D eigenvalue weighted by Gasteiger charge is 2.44. The first-order chi connectivity index (χ1) is 19.9. The fourth-order valence-electron chi connectivity index (χ4n) is 5.55. The first-order valence-electron chi connectivity index (χ1n) is 13.8. The zero-order valence-corrected chi connectivity index (χ0v) is 22.4. The maximum absolute atomic E-state index is 2.47. The van der Waals surface area contributed by atoms with Gasteiger partial charge in [0.1, 0.15) is 5.54 Å². The Balaban J connectivity index is 1.63. The van der Waals surface area contributed by atoms with Crippen LogP contribution in [0.5, 0.6) is 0 Å². The summed E-state index contributed by atoms with van der Waals surface area (Å²) in [5.74, 6) is 0. The summed E-state index contributed by atoms with van der Waals surface area (Å²) in [5.41, 5.74) is 5.10. The average molecular weight is 517 g/mol. The van der Waals surface area contributed by atoms with Gasteiger partial charge in [-0.15, -0.1) is 0 Å². The van der Waals surface area contributed by atoms with Gasteiger partial charge in [0.2, 0.25) is 0 Å². The quantitative estimate of drug-likeness (QED) is 0.203. The van der Waals surface area contributed by atoms with Gasteiger partial charge in [0.25, 0.3) is 0 Å². The molecule has 0 bridgehead atoms. The fourth-order valence-corrected chi connectivity index (χ4v) is 5.55. The number of hydrogen-bond donors (Lipinski definition) is 0. The monoisotopic (exact) mass is 516 g/mol. The van der Waals surface area contributed by atoms with Crippen molar-refractivity contribution in [1.29, 1.82) is 0 Å². The molecule has 0 aromatic heterocycles. The molecule has 0 amide bonds. The minimum Gasteiger partial charge on any atom is -0.331 e. The van der Waals surface area contributed by atoms with E-state index < -0.39 is 5.54 Å². The van der Waals surface area contributed by atoms with Crippen molar-refractivity contribution in [2.75, 3.05) is 9.80 Å². The molecule has 6 rings (SSSR count). The van der Waals surface area contributed by atoms with Gasteiger partial charge < -0.3 is 9.80 Å². The van der Waals surface area contributed by atoms with Crippen LogP contribution in [0.1, 0.15) is 5.56 Å². The lowest BCUT2D eigenvalue weighted by Crippen LogP contribution is -2.58. The Morgan fingerprint density at radius 2 is 0.900 bits per heavy atom. The number of para-hydroxylation sites is 4. The number of allylic oxidation sites excluding steroid dienone is 2. The summed E-state index contributed by atoms with van der Waals surface area (Å²) in [4.78, 5) is 4.92. The molecular weight excluding hydrogens is 484 g/mol. The Bertz CT molecular complexity index is 1500. The van der Waals surface area contributed by atoms with Gasteiger partial charge in [0.05, 0.1) is 6.04 Å². The molecule has 5 aromatic carbocycles. The lowest BCUT2D eigenvalue weighted by atomic mass is 9.80. The van der Waals surface area contributed by atoms with Crippen molar-refractivity contribution in [3.63, 3.8) is 0 Å². The predicted octanol–water partition coefficient (Wildman–Crippen LogP) is 9.61. The second kappa shape index (κ2) is 11.8. The number of rotatable bonds is 8. The molecule has 2 nitrogen and oxygen atoms in total. The predicted molar refractivity (Wildman–Crippen MR) is 170 cm³/mol. The molecule has 0 aliphatic heterocycles. The number of hydrogen-bond acceptors (Lipinski definition) is 2. The molecule has 0 spiro atoms. The number of anilines is 4. The molecule has 0 fully saturated rings. The second-order valence-corrected chi connectivity index (χ2v) is 9.87. The number of nitrogens with zero attached hydrogens (tertiary/aromatic N) is 2. The van der Waals surface area contributed by atoms with Crippen LogP contribution in [-0.4, -0.2) is 11.6 Å². The average Bonchev–Trinajstić information content (AvgIpc) is 3.04. The van der Waals surface area contributed by atoms with E-state index in [2.05, 4.69) is 198 Å². The van der Waals surface area contributed by atoms with Gasteiger partial charge in [0.15, 0.2) is 0 Å². The van der Waals surface area contributed by atoms with E-state index in [9.17, 15) is 0 Å². The fraction of sp³-hybridized carbons (Fsp3) is 0.0526. The highest BCUT2D eigenvalue weighted by molar-refractivity contribution is 5.75. The Kier molecular flexibility index (Phi) is 7.41. The first kappa shape index (κ1) is 25.2. The molecule has 5 aromatic rings. The highest BCUT2D eigenvalue weighted by atomic mass is 15.3. The maximum Gasteiger partial charge on any atom is 0.107 e. The van der Waals surface area contributed by atoms with Gasteiger partial charge in [-0.3, -0.25) is 0 Å². The Morgan fingerprint density at radius 3 is 1.38 bits per heavy atom. The smallest absolute Gasteiger partial charge is 0.107 e. The molecule has 2 unspecified atom stereocenters. The van der Waals surface area contributed by atoms with Gasteiger partial charge in [-0.1, -0.05) is 140 Å². The van der Waals surface area contributed by atoms with Crippen molar-refractivity contribution in [1.82, 2.24) is 0 Å². The van der Waals surface area contributed by atoms with Gasteiger partial charge in [-0.2, -0.15) is 0 Å². The molecule has 0 radical (unpaired) electrons. The minimum atomic E-state index is -0.584. The summed E-state index contributed by atoms with van der Waals surface area (Å²) in [5, 5.41) is 0. The summed E-state index contributed by atoms with van der Waals surface area (Å²) in [6.45, 7) is 0. The summed E-state index contributed by atoms with van der Waals surface area (Å²) >= 11 is 0. The molecule has 2 atom stereocenters. The summed E-state index contributed by atoms with van der Waals surface area (Å²) < 4.78 is 0. The Labute approximate surface area is 237 Å². The molecular formula is C38H32N2. The number of benzene rings is 5. The molecule has 2 heteroatoms. The molecule has 0 saturated carbocycles. The van der Waals surface area contributed by atoms with Crippen LogP contribution < -0.4 is 9.80 Å². The lowest BCUT2D eigenvalue weighted by molar-refractivity contribution is 0.548. The minimum absolute atomic E-state index is 0.0809. The standard InChI is InChI=1S/C38H32N2/c1-6-18-32(19-7-1)29-31-38(40(35-24-12-4-13-25-35)36-26-14-5-15-27-36)30-17-16-28-37(38)39(33-20-8-2-9-21-33)34-22-10-3-11-23-34/h1-31,37H/b31-29+. The summed E-state index contributed by atoms with van der Waals surface area (Å²) in [6, 6.07) is 53.3. The first-order valence-corrected chi connectivity index (χ1v) is 13.8. The van der Waals surface area contributed by atoms with E-state index in [4.69, 9.17) is 0 Å². The van der Waals surface area contributed by atoms with Crippen LogP contribution in [-0.2, 0) is 0 Å². The van der Waals surface area contributed by atoms with E-state index in [0.29, 0.717) is 0 Å². The van der Waals surface area contributed by atoms with Gasteiger partial charge in [-0.25, -0.2) is 0 Å². The highest BCUT2D eigenvalue weighted by Crippen LogP contribution is 2.44. The van der Waals surface area contributed by atoms with E-state index in [1.54, 1.807) is 0 Å². The third-order valence-corrected chi connectivity index (χ3v) is 7.35. The third-order valence-electron chi connectivity index (χ3n) is 7.35. The SMILES string of the molecule is C1=CC(N(c2ccccc2)c2ccccc2)C(/C=C/c2ccccc2)(N(c2ccccc2)c2ccccc2)C=C1. The second-order valence-electron chi connectivity index (χ2n) is 9.87. The van der Waals surface area contributed by atoms with Crippen LogP contribution in [0.25, 0.3) is 6.08 Å². The van der Waals surface area contributed by atoms with Gasteiger partial charge in [-0.05, 0) is 54.1 Å². The lowest BCUT2D eigenvalue weighted by Gasteiger charge is -2.51. The molecule has 1 aliphatic rings. The van der Waals surface area contributed by atoms with Crippen molar-refractivity contribution in [3.05, 3.63) is 188 Å². The summed E-state index contributed by atoms with van der Waals surface area (Å²) in [6.07, 6.45) is 13.6. The van der Waals surface area contributed by atoms with Crippen molar-refractivity contribution in [2.45, 2.75) is 11.6 Å². The van der Waals surface area contributed by atoms with E-state index in [1.165, 1.54) is 0 Å². The maximum atomic E-state index is 2.47. The van der Waals surface area contributed by atoms with Crippen LogP contribution in [0.15, 0.2) is 182 Å². The van der Waals surface area contributed by atoms with E-state index >= 15 is 0 Å². The van der Waals surface area contributed by atoms with Crippen LogP contribution in [0.2, 0.25) is 0 Å². The zero-order chi connectivity index (χ0) is 27.0. The van der Waals surface area contributed by atoms with Crippen molar-refractivity contribution >= 4 is 28.8 Å². The Morgan fingerprint density at radius 1 is 0.475 bits per heavy atom. The molecule has 0 saturated heterocycles. The normalized spacial score (nSPS) is 18.1. The molecule has 1 aliphatic carbocycles. The van der Waals surface area contributed by atoms with Crippen LogP contribution in [0.3, 0.4) is 0 Å². The van der Waals surface area contributed by atoms with Crippen molar-refractivity contribution in [2.24, 2.45) is 0 Å². The van der Waals surface area contributed by atoms with E-state index in [1.807, 2.05) is 0 Å². The third kappa shape index (κ3) is 5.12. The topological polar surface area (TPSA) is 6.48 Å². The summed E-state index contributed by atoms with van der Waals surface area (Å²) in [7, 11) is 0. The van der Waals surface area contributed by atoms with E-state index in [0.717, 1.165) is 28.3 Å². The zero-order valence-electron chi connectivity index (χ0n) is 22.4. The van der Waals surface area contributed by atoms with E-state index in [-0.39, 0.29) is 6.04 Å². The Hall–Kier alpha value is -5.08. The molecule has 0 N–H and O–H groups in total. The van der Waals surface area contributed by atoms with Gasteiger partial charge >= 0.3 is 0 Å². The van der Waals surface area contributed by atoms with Crippen molar-refractivity contribution in [3.8, 4) is 0 Å². The van der Waals surface area contributed by atoms with Crippen LogP contribution in [0, 0.1) is 0 Å². The van der Waals surface area contributed by atoms with Crippen LogP contribution >= 0.6 is 0 Å². The van der Waals surface area contributed by atoms with Gasteiger partial charge in [0, 0.05) is 22.7 Å².